The molecule has 0 aliphatic carbocycles. The molecule has 2 aromatic heterocycles. The van der Waals surface area contributed by atoms with Crippen LogP contribution in [0.4, 0.5) is 19.1 Å². The molecule has 4 rings (SSSR count). The fourth-order valence-electron chi connectivity index (χ4n) is 4.24. The number of alkyl halides is 3. The maximum Gasteiger partial charge on any atom is 0.417 e. The Bertz CT molecular complexity index is 1540. The molecule has 2 N–H and O–H groups in total. The molecular formula is C26H25BrF3N7O3. The number of carbonyl (C=O) groups excluding carboxylic acids is 2. The van der Waals surface area contributed by atoms with Gasteiger partial charge >= 0.3 is 6.18 Å². The number of rotatable bonds is 6. The first-order valence-corrected chi connectivity index (χ1v) is 12.9. The average Bonchev–Trinajstić information content (AvgIpc) is 2.92. The smallest absolute Gasteiger partial charge is 0.354 e. The molecule has 2 amide bonds. The minimum absolute atomic E-state index is 0.0589. The number of fused-ring (bicyclic) bond motifs is 1. The van der Waals surface area contributed by atoms with E-state index in [1.165, 1.54) is 40.8 Å². The molecule has 40 heavy (non-hydrogen) atoms. The van der Waals surface area contributed by atoms with Crippen LogP contribution in [0, 0.1) is 0 Å². The molecule has 210 valence electrons. The Morgan fingerprint density at radius 3 is 2.55 bits per heavy atom. The van der Waals surface area contributed by atoms with Gasteiger partial charge < -0.3 is 15.5 Å². The molecule has 1 aromatic carbocycles. The summed E-state index contributed by atoms with van der Waals surface area (Å²) in [6, 6.07) is 5.35. The number of aromatic nitrogens is 4. The summed E-state index contributed by atoms with van der Waals surface area (Å²) in [6.45, 7) is 7.13. The molecule has 3 aromatic rings. The van der Waals surface area contributed by atoms with Crippen molar-refractivity contribution < 1.29 is 22.8 Å². The molecule has 3 heterocycles. The van der Waals surface area contributed by atoms with Gasteiger partial charge in [-0.1, -0.05) is 22.0 Å². The highest BCUT2D eigenvalue weighted by molar-refractivity contribution is 9.10. The molecular weight excluding hydrogens is 595 g/mol. The van der Waals surface area contributed by atoms with Crippen LogP contribution >= 0.6 is 15.9 Å². The van der Waals surface area contributed by atoms with Gasteiger partial charge in [0.15, 0.2) is 11.5 Å². The normalized spacial score (nSPS) is 15.7. The van der Waals surface area contributed by atoms with E-state index in [9.17, 15) is 27.6 Å². The molecule has 0 saturated heterocycles. The SMILES string of the molecule is C=CC(C)Nc1nc2c(c(=O)n1-c1ccc(C(=O)NC)nn1)CC(C)N(C(=O)c1ccc(Br)c(C(F)(F)F)c1)C2. The molecule has 0 saturated carbocycles. The zero-order valence-electron chi connectivity index (χ0n) is 21.7. The average molecular weight is 620 g/mol. The van der Waals surface area contributed by atoms with E-state index in [1.54, 1.807) is 19.9 Å². The second-order valence-corrected chi connectivity index (χ2v) is 10.1. The minimum Gasteiger partial charge on any atom is -0.354 e. The Labute approximate surface area is 235 Å². The standard InChI is InChI=1S/C26H25BrF3N7O3/c1-5-13(2)32-25-33-20-12-36(23(39)15-6-7-18(27)17(11-15)26(28,29)30)14(3)10-16(20)24(40)37(25)21-9-8-19(34-35-21)22(38)31-4/h5-9,11,13-14H,1,10,12H2,2-4H3,(H,31,38)(H,32,33). The van der Waals surface area contributed by atoms with Gasteiger partial charge in [-0.25, -0.2) is 9.55 Å². The van der Waals surface area contributed by atoms with Gasteiger partial charge in [0, 0.05) is 34.7 Å². The number of anilines is 1. The fraction of sp³-hybridized carbons (Fsp3) is 0.308. The molecule has 1 aliphatic rings. The predicted octanol–water partition coefficient (Wildman–Crippen LogP) is 3.74. The minimum atomic E-state index is -4.65. The molecule has 10 nitrogen and oxygen atoms in total. The highest BCUT2D eigenvalue weighted by atomic mass is 79.9. The highest BCUT2D eigenvalue weighted by Gasteiger charge is 2.36. The lowest BCUT2D eigenvalue weighted by Crippen LogP contribution is -2.46. The maximum atomic E-state index is 13.7. The van der Waals surface area contributed by atoms with Crippen LogP contribution in [0.15, 0.2) is 52.3 Å². The summed E-state index contributed by atoms with van der Waals surface area (Å²) in [5.41, 5.74) is -0.856. The Balaban J connectivity index is 1.76. The number of carbonyl (C=O) groups is 2. The van der Waals surface area contributed by atoms with Crippen molar-refractivity contribution in [1.29, 1.82) is 0 Å². The van der Waals surface area contributed by atoms with Crippen LogP contribution in [-0.4, -0.2) is 55.6 Å². The highest BCUT2D eigenvalue weighted by Crippen LogP contribution is 2.36. The first-order valence-electron chi connectivity index (χ1n) is 12.1. The van der Waals surface area contributed by atoms with E-state index in [2.05, 4.69) is 48.3 Å². The van der Waals surface area contributed by atoms with Crippen LogP contribution in [0.2, 0.25) is 0 Å². The fourth-order valence-corrected chi connectivity index (χ4v) is 4.71. The van der Waals surface area contributed by atoms with Crippen molar-refractivity contribution in [1.82, 2.24) is 30.0 Å². The van der Waals surface area contributed by atoms with E-state index in [-0.39, 0.29) is 46.5 Å². The van der Waals surface area contributed by atoms with Crippen LogP contribution in [0.25, 0.3) is 5.82 Å². The number of nitrogens with zero attached hydrogens (tertiary/aromatic N) is 5. The number of benzene rings is 1. The van der Waals surface area contributed by atoms with E-state index in [0.717, 1.165) is 6.07 Å². The van der Waals surface area contributed by atoms with E-state index >= 15 is 0 Å². The first kappa shape index (κ1) is 28.9. The van der Waals surface area contributed by atoms with Gasteiger partial charge in [0.1, 0.15) is 0 Å². The third-order valence-corrected chi connectivity index (χ3v) is 7.13. The largest absolute Gasteiger partial charge is 0.417 e. The third kappa shape index (κ3) is 5.62. The Morgan fingerprint density at radius 2 is 1.95 bits per heavy atom. The molecule has 2 atom stereocenters. The lowest BCUT2D eigenvalue weighted by Gasteiger charge is -2.34. The summed E-state index contributed by atoms with van der Waals surface area (Å²) in [5.74, 6) is -0.845. The van der Waals surface area contributed by atoms with Gasteiger partial charge in [-0.05, 0) is 50.6 Å². The summed E-state index contributed by atoms with van der Waals surface area (Å²) in [4.78, 5) is 45.0. The van der Waals surface area contributed by atoms with E-state index in [1.807, 2.05) is 0 Å². The van der Waals surface area contributed by atoms with Crippen molar-refractivity contribution in [2.75, 3.05) is 12.4 Å². The lowest BCUT2D eigenvalue weighted by atomic mass is 9.98. The summed E-state index contributed by atoms with van der Waals surface area (Å²) in [7, 11) is 1.45. The van der Waals surface area contributed by atoms with Crippen molar-refractivity contribution in [3.8, 4) is 5.82 Å². The topological polar surface area (TPSA) is 122 Å². The molecule has 0 spiro atoms. The lowest BCUT2D eigenvalue weighted by molar-refractivity contribution is -0.138. The summed E-state index contributed by atoms with van der Waals surface area (Å²) >= 11 is 2.89. The summed E-state index contributed by atoms with van der Waals surface area (Å²) < 4.78 is 41.4. The maximum absolute atomic E-state index is 13.7. The number of hydrogen-bond donors (Lipinski definition) is 2. The Kier molecular flexibility index (Phi) is 8.10. The van der Waals surface area contributed by atoms with Crippen molar-refractivity contribution >= 4 is 33.7 Å². The zero-order valence-corrected chi connectivity index (χ0v) is 23.3. The molecule has 1 aliphatic heterocycles. The second-order valence-electron chi connectivity index (χ2n) is 9.20. The second kappa shape index (κ2) is 11.2. The third-order valence-electron chi connectivity index (χ3n) is 6.44. The molecule has 14 heteroatoms. The van der Waals surface area contributed by atoms with Crippen molar-refractivity contribution in [3.05, 3.63) is 85.9 Å². The van der Waals surface area contributed by atoms with Gasteiger partial charge in [-0.3, -0.25) is 14.4 Å². The molecule has 2 unspecified atom stereocenters. The number of nitrogens with one attached hydrogen (secondary N) is 2. The number of halogens is 4. The summed E-state index contributed by atoms with van der Waals surface area (Å²) in [6.07, 6.45) is -2.94. The van der Waals surface area contributed by atoms with Crippen LogP contribution in [0.5, 0.6) is 0 Å². The van der Waals surface area contributed by atoms with Gasteiger partial charge in [-0.2, -0.15) is 13.2 Å². The van der Waals surface area contributed by atoms with Crippen molar-refractivity contribution in [2.45, 2.75) is 45.1 Å². The van der Waals surface area contributed by atoms with E-state index in [0.29, 0.717) is 11.3 Å². The first-order chi connectivity index (χ1) is 18.8. The van der Waals surface area contributed by atoms with Crippen LogP contribution in [-0.2, 0) is 19.1 Å². The summed E-state index contributed by atoms with van der Waals surface area (Å²) in [5, 5.41) is 13.5. The monoisotopic (exact) mass is 619 g/mol. The Morgan fingerprint density at radius 1 is 1.23 bits per heavy atom. The molecule has 0 bridgehead atoms. The van der Waals surface area contributed by atoms with Crippen LogP contribution in [0.1, 0.15) is 51.5 Å². The quantitative estimate of drug-likeness (QED) is 0.403. The zero-order chi connectivity index (χ0) is 29.4. The van der Waals surface area contributed by atoms with Crippen molar-refractivity contribution in [2.24, 2.45) is 0 Å². The van der Waals surface area contributed by atoms with E-state index < -0.39 is 35.2 Å². The van der Waals surface area contributed by atoms with Gasteiger partial charge in [-0.15, -0.1) is 16.8 Å². The van der Waals surface area contributed by atoms with Gasteiger partial charge in [0.25, 0.3) is 17.4 Å². The van der Waals surface area contributed by atoms with Gasteiger partial charge in [0.05, 0.1) is 17.8 Å². The number of amides is 2. The van der Waals surface area contributed by atoms with Gasteiger partial charge in [0.2, 0.25) is 5.95 Å². The van der Waals surface area contributed by atoms with Crippen LogP contribution < -0.4 is 16.2 Å². The van der Waals surface area contributed by atoms with Crippen molar-refractivity contribution in [3.63, 3.8) is 0 Å². The van der Waals surface area contributed by atoms with E-state index in [4.69, 9.17) is 0 Å². The van der Waals surface area contributed by atoms with Crippen LogP contribution in [0.3, 0.4) is 0 Å². The Hall–Kier alpha value is -4.07. The molecule has 0 radical (unpaired) electrons. The number of hydrogen-bond acceptors (Lipinski definition) is 7. The molecule has 0 fully saturated rings. The predicted molar refractivity (Wildman–Crippen MR) is 144 cm³/mol.